The number of carbonyl (C=O) groups excluding carboxylic acids is 1. The van der Waals surface area contributed by atoms with Crippen LogP contribution in [0.4, 0.5) is 0 Å². The van der Waals surface area contributed by atoms with Gasteiger partial charge in [-0.2, -0.15) is 0 Å². The zero-order chi connectivity index (χ0) is 16.1. The maximum Gasteiger partial charge on any atom is 0.224 e. The molecule has 0 aromatic heterocycles. The maximum absolute atomic E-state index is 12.2. The van der Waals surface area contributed by atoms with E-state index in [0.717, 1.165) is 16.9 Å². The third-order valence-corrected chi connectivity index (χ3v) is 3.93. The van der Waals surface area contributed by atoms with Crippen LogP contribution < -0.4 is 10.1 Å². The van der Waals surface area contributed by atoms with E-state index >= 15 is 0 Å². The third kappa shape index (κ3) is 4.10. The number of rotatable bonds is 5. The number of benzene rings is 2. The van der Waals surface area contributed by atoms with E-state index in [9.17, 15) is 4.79 Å². The Morgan fingerprint density at radius 3 is 2.36 bits per heavy atom. The second-order valence-electron chi connectivity index (χ2n) is 5.66. The molecule has 3 heteroatoms. The number of nitrogens with one attached hydrogen (secondary N) is 1. The summed E-state index contributed by atoms with van der Waals surface area (Å²) in [7, 11) is 1.63. The highest BCUT2D eigenvalue weighted by Gasteiger charge is 2.11. The normalized spacial score (nSPS) is 11.8. The summed E-state index contributed by atoms with van der Waals surface area (Å²) in [5, 5.41) is 3.05. The molecule has 0 aliphatic heterocycles. The molecule has 0 unspecified atom stereocenters. The van der Waals surface area contributed by atoms with E-state index in [1.807, 2.05) is 31.2 Å². The van der Waals surface area contributed by atoms with Crippen molar-refractivity contribution in [3.05, 3.63) is 64.7 Å². The van der Waals surface area contributed by atoms with Gasteiger partial charge in [0.05, 0.1) is 19.6 Å². The first-order chi connectivity index (χ1) is 10.5. The van der Waals surface area contributed by atoms with Gasteiger partial charge in [-0.25, -0.2) is 0 Å². The Labute approximate surface area is 132 Å². The smallest absolute Gasteiger partial charge is 0.224 e. The van der Waals surface area contributed by atoms with Crippen LogP contribution in [-0.4, -0.2) is 13.0 Å². The summed E-state index contributed by atoms with van der Waals surface area (Å²) in [6.07, 6.45) is 0.374. The van der Waals surface area contributed by atoms with Gasteiger partial charge in [0.25, 0.3) is 0 Å². The molecular formula is C19H23NO2. The van der Waals surface area contributed by atoms with Crippen molar-refractivity contribution in [3.63, 3.8) is 0 Å². The minimum atomic E-state index is 0.00467. The lowest BCUT2D eigenvalue weighted by Gasteiger charge is -2.16. The third-order valence-electron chi connectivity index (χ3n) is 3.93. The molecule has 0 bridgehead atoms. The zero-order valence-electron chi connectivity index (χ0n) is 13.6. The van der Waals surface area contributed by atoms with Crippen molar-refractivity contribution < 1.29 is 9.53 Å². The molecule has 2 aromatic carbocycles. The highest BCUT2D eigenvalue weighted by molar-refractivity contribution is 5.79. The molecule has 1 N–H and O–H groups in total. The Morgan fingerprint density at radius 2 is 1.77 bits per heavy atom. The summed E-state index contributed by atoms with van der Waals surface area (Å²) in [4.78, 5) is 12.2. The Balaban J connectivity index is 1.96. The van der Waals surface area contributed by atoms with E-state index in [1.54, 1.807) is 7.11 Å². The molecule has 1 amide bonds. The predicted octanol–water partition coefficient (Wildman–Crippen LogP) is 3.73. The highest BCUT2D eigenvalue weighted by atomic mass is 16.5. The van der Waals surface area contributed by atoms with Gasteiger partial charge in [-0.3, -0.25) is 4.79 Å². The fourth-order valence-electron chi connectivity index (χ4n) is 2.34. The SMILES string of the molecule is COc1ccc(CC(=O)N[C@@H](C)c2ccc(C)c(C)c2)cc1. The lowest BCUT2D eigenvalue weighted by atomic mass is 10.0. The topological polar surface area (TPSA) is 38.3 Å². The lowest BCUT2D eigenvalue weighted by molar-refractivity contribution is -0.121. The molecule has 22 heavy (non-hydrogen) atoms. The Morgan fingerprint density at radius 1 is 1.09 bits per heavy atom. The zero-order valence-corrected chi connectivity index (χ0v) is 13.6. The summed E-state index contributed by atoms with van der Waals surface area (Å²) in [6.45, 7) is 6.19. The number of ether oxygens (including phenoxy) is 1. The van der Waals surface area contributed by atoms with E-state index in [1.165, 1.54) is 11.1 Å². The average molecular weight is 297 g/mol. The minimum absolute atomic E-state index is 0.00467. The summed E-state index contributed by atoms with van der Waals surface area (Å²) < 4.78 is 5.12. The molecule has 0 saturated heterocycles. The van der Waals surface area contributed by atoms with Crippen molar-refractivity contribution in [1.29, 1.82) is 0 Å². The highest BCUT2D eigenvalue weighted by Crippen LogP contribution is 2.17. The van der Waals surface area contributed by atoms with E-state index in [-0.39, 0.29) is 11.9 Å². The van der Waals surface area contributed by atoms with Gasteiger partial charge in [0.1, 0.15) is 5.75 Å². The van der Waals surface area contributed by atoms with Gasteiger partial charge >= 0.3 is 0 Å². The number of aryl methyl sites for hydroxylation is 2. The fourth-order valence-corrected chi connectivity index (χ4v) is 2.34. The van der Waals surface area contributed by atoms with Crippen LogP contribution in [0, 0.1) is 13.8 Å². The van der Waals surface area contributed by atoms with E-state index in [4.69, 9.17) is 4.74 Å². The monoisotopic (exact) mass is 297 g/mol. The predicted molar refractivity (Wildman–Crippen MR) is 89.2 cm³/mol. The van der Waals surface area contributed by atoms with Crippen molar-refractivity contribution in [1.82, 2.24) is 5.32 Å². The van der Waals surface area contributed by atoms with Crippen LogP contribution in [0.25, 0.3) is 0 Å². The Hall–Kier alpha value is -2.29. The van der Waals surface area contributed by atoms with Crippen molar-refractivity contribution in [2.75, 3.05) is 7.11 Å². The number of hydrogen-bond acceptors (Lipinski definition) is 2. The molecule has 0 aliphatic carbocycles. The Bertz CT molecular complexity index is 647. The molecule has 2 aromatic rings. The van der Waals surface area contributed by atoms with Crippen molar-refractivity contribution in [3.8, 4) is 5.75 Å². The van der Waals surface area contributed by atoms with Gasteiger partial charge in [-0.05, 0) is 55.2 Å². The molecule has 0 radical (unpaired) electrons. The van der Waals surface area contributed by atoms with Crippen LogP contribution in [0.1, 0.15) is 35.2 Å². The standard InChI is InChI=1S/C19H23NO2/c1-13-5-8-17(11-14(13)2)15(3)20-19(21)12-16-6-9-18(22-4)10-7-16/h5-11,15H,12H2,1-4H3,(H,20,21)/t15-/m0/s1. The van der Waals surface area contributed by atoms with E-state index in [2.05, 4.69) is 37.4 Å². The van der Waals surface area contributed by atoms with Gasteiger partial charge in [-0.15, -0.1) is 0 Å². The van der Waals surface area contributed by atoms with Crippen LogP contribution in [0.2, 0.25) is 0 Å². The van der Waals surface area contributed by atoms with Crippen molar-refractivity contribution in [2.24, 2.45) is 0 Å². The van der Waals surface area contributed by atoms with Crippen LogP contribution in [0.5, 0.6) is 5.75 Å². The minimum Gasteiger partial charge on any atom is -0.497 e. The van der Waals surface area contributed by atoms with Gasteiger partial charge in [0.15, 0.2) is 0 Å². The van der Waals surface area contributed by atoms with Crippen molar-refractivity contribution >= 4 is 5.91 Å². The second kappa shape index (κ2) is 7.12. The molecule has 3 nitrogen and oxygen atoms in total. The average Bonchev–Trinajstić information content (AvgIpc) is 2.50. The summed E-state index contributed by atoms with van der Waals surface area (Å²) in [6, 6.07) is 13.9. The van der Waals surface area contributed by atoms with Crippen LogP contribution in [0.3, 0.4) is 0 Å². The summed E-state index contributed by atoms with van der Waals surface area (Å²) in [5.74, 6) is 0.823. The first-order valence-electron chi connectivity index (χ1n) is 7.49. The number of carbonyl (C=O) groups is 1. The van der Waals surface area contributed by atoms with Crippen LogP contribution in [0.15, 0.2) is 42.5 Å². The molecule has 2 rings (SSSR count). The number of amides is 1. The quantitative estimate of drug-likeness (QED) is 0.913. The molecule has 0 heterocycles. The van der Waals surface area contributed by atoms with E-state index in [0.29, 0.717) is 6.42 Å². The largest absolute Gasteiger partial charge is 0.497 e. The number of hydrogen-bond donors (Lipinski definition) is 1. The first kappa shape index (κ1) is 16.1. The molecule has 0 saturated carbocycles. The molecule has 0 fully saturated rings. The van der Waals surface area contributed by atoms with Gasteiger partial charge in [0, 0.05) is 0 Å². The Kier molecular flexibility index (Phi) is 5.21. The molecule has 0 spiro atoms. The van der Waals surface area contributed by atoms with Gasteiger partial charge in [-0.1, -0.05) is 30.3 Å². The summed E-state index contributed by atoms with van der Waals surface area (Å²) in [5.41, 5.74) is 4.62. The summed E-state index contributed by atoms with van der Waals surface area (Å²) >= 11 is 0. The van der Waals surface area contributed by atoms with Crippen LogP contribution in [-0.2, 0) is 11.2 Å². The van der Waals surface area contributed by atoms with Crippen LogP contribution >= 0.6 is 0 Å². The van der Waals surface area contributed by atoms with Gasteiger partial charge in [0.2, 0.25) is 5.91 Å². The van der Waals surface area contributed by atoms with Gasteiger partial charge < -0.3 is 10.1 Å². The van der Waals surface area contributed by atoms with E-state index < -0.39 is 0 Å². The maximum atomic E-state index is 12.2. The molecule has 1 atom stereocenters. The second-order valence-corrected chi connectivity index (χ2v) is 5.66. The molecule has 116 valence electrons. The molecule has 0 aliphatic rings. The lowest BCUT2D eigenvalue weighted by Crippen LogP contribution is -2.28. The molecular weight excluding hydrogens is 274 g/mol. The van der Waals surface area contributed by atoms with Crippen molar-refractivity contribution in [2.45, 2.75) is 33.2 Å². The first-order valence-corrected chi connectivity index (χ1v) is 7.49. The fraction of sp³-hybridized carbons (Fsp3) is 0.316. The number of methoxy groups -OCH3 is 1.